The topological polar surface area (TPSA) is 81.9 Å². The number of benzene rings is 1. The molecule has 2 aromatic rings. The first-order valence-electron chi connectivity index (χ1n) is 8.30. The van der Waals surface area contributed by atoms with Crippen LogP contribution in [0.15, 0.2) is 35.5 Å². The van der Waals surface area contributed by atoms with Gasteiger partial charge in [-0.1, -0.05) is 54.7 Å². The maximum atomic E-state index is 12.8. The number of hydrogen-bond acceptors (Lipinski definition) is 6. The quantitative estimate of drug-likeness (QED) is 0.627. The number of hydrogen-bond donors (Lipinski definition) is 1. The molecule has 0 saturated carbocycles. The fraction of sp³-hybridized carbons (Fsp3) is 0.412. The number of anilines is 1. The van der Waals surface area contributed by atoms with Crippen LogP contribution in [0.2, 0.25) is 5.02 Å². The summed E-state index contributed by atoms with van der Waals surface area (Å²) in [5, 5.41) is 15.3. The maximum absolute atomic E-state index is 12.8. The van der Waals surface area contributed by atoms with Gasteiger partial charge in [-0.25, -0.2) is 4.79 Å². The summed E-state index contributed by atoms with van der Waals surface area (Å²) >= 11 is 6.38. The second kappa shape index (κ2) is 7.65. The van der Waals surface area contributed by atoms with Crippen LogP contribution in [-0.2, 0) is 9.53 Å². The Morgan fingerprint density at radius 2 is 2.16 bits per heavy atom. The van der Waals surface area contributed by atoms with Crippen LogP contribution in [-0.4, -0.2) is 32.8 Å². The van der Waals surface area contributed by atoms with Crippen molar-refractivity contribution in [2.24, 2.45) is 0 Å². The number of nitrogens with zero attached hydrogens (tertiary/aromatic N) is 4. The van der Waals surface area contributed by atoms with E-state index in [0.29, 0.717) is 28.8 Å². The second-order valence-corrected chi connectivity index (χ2v) is 6.29. The van der Waals surface area contributed by atoms with E-state index < -0.39 is 6.04 Å². The van der Waals surface area contributed by atoms with E-state index in [1.54, 1.807) is 10.7 Å². The third-order valence-corrected chi connectivity index (χ3v) is 4.46. The Kier molecular flexibility index (Phi) is 5.33. The third kappa shape index (κ3) is 3.51. The molecular formula is C17H20ClN5O2. The third-order valence-electron chi connectivity index (χ3n) is 4.11. The summed E-state index contributed by atoms with van der Waals surface area (Å²) in [6.45, 7) is 4.30. The zero-order valence-corrected chi connectivity index (χ0v) is 15.0. The largest absolute Gasteiger partial charge is 0.462 e. The Morgan fingerprint density at radius 3 is 2.92 bits per heavy atom. The molecule has 132 valence electrons. The van der Waals surface area contributed by atoms with Crippen LogP contribution < -0.4 is 5.32 Å². The van der Waals surface area contributed by atoms with E-state index in [-0.39, 0.29) is 5.97 Å². The van der Waals surface area contributed by atoms with E-state index in [4.69, 9.17) is 16.3 Å². The molecule has 0 saturated heterocycles. The minimum absolute atomic E-state index is 0.382. The maximum Gasteiger partial charge on any atom is 0.338 e. The fourth-order valence-electron chi connectivity index (χ4n) is 2.86. The van der Waals surface area contributed by atoms with E-state index in [0.717, 1.165) is 24.8 Å². The molecule has 0 unspecified atom stereocenters. The van der Waals surface area contributed by atoms with E-state index >= 15 is 0 Å². The molecule has 1 N–H and O–H groups in total. The van der Waals surface area contributed by atoms with Gasteiger partial charge in [0.15, 0.2) is 0 Å². The number of ether oxygens (including phenoxy) is 1. The van der Waals surface area contributed by atoms with E-state index in [9.17, 15) is 4.79 Å². The number of esters is 1. The number of rotatable bonds is 6. The number of nitrogens with one attached hydrogen (secondary N) is 1. The van der Waals surface area contributed by atoms with Crippen LogP contribution in [0.25, 0.3) is 0 Å². The van der Waals surface area contributed by atoms with Crippen molar-refractivity contribution < 1.29 is 9.53 Å². The highest BCUT2D eigenvalue weighted by atomic mass is 35.5. The van der Waals surface area contributed by atoms with Crippen molar-refractivity contribution in [2.75, 3.05) is 11.9 Å². The van der Waals surface area contributed by atoms with Crippen molar-refractivity contribution in [1.82, 2.24) is 20.2 Å². The molecule has 1 aliphatic heterocycles. The first kappa shape index (κ1) is 17.4. The lowest BCUT2D eigenvalue weighted by Gasteiger charge is -2.27. The van der Waals surface area contributed by atoms with Gasteiger partial charge in [-0.05, 0) is 29.8 Å². The Labute approximate surface area is 151 Å². The molecule has 0 bridgehead atoms. The molecule has 7 nitrogen and oxygen atoms in total. The van der Waals surface area contributed by atoms with Crippen LogP contribution in [0.5, 0.6) is 0 Å². The number of carbonyl (C=O) groups excluding carboxylic acids is 1. The van der Waals surface area contributed by atoms with Gasteiger partial charge in [0, 0.05) is 16.3 Å². The molecular weight excluding hydrogens is 342 g/mol. The molecule has 0 spiro atoms. The lowest BCUT2D eigenvalue weighted by molar-refractivity contribution is -0.139. The number of fused-ring (bicyclic) bond motifs is 1. The van der Waals surface area contributed by atoms with Crippen LogP contribution in [0.1, 0.15) is 44.7 Å². The Hall–Kier alpha value is -2.41. The van der Waals surface area contributed by atoms with Gasteiger partial charge in [-0.3, -0.25) is 0 Å². The van der Waals surface area contributed by atoms with Crippen molar-refractivity contribution in [1.29, 1.82) is 0 Å². The van der Waals surface area contributed by atoms with E-state index in [1.807, 2.05) is 25.1 Å². The molecule has 0 radical (unpaired) electrons. The van der Waals surface area contributed by atoms with Crippen molar-refractivity contribution >= 4 is 23.5 Å². The molecule has 1 aromatic heterocycles. The average Bonchev–Trinajstić information content (AvgIpc) is 3.06. The zero-order valence-electron chi connectivity index (χ0n) is 14.2. The minimum atomic E-state index is -0.529. The van der Waals surface area contributed by atoms with Gasteiger partial charge >= 0.3 is 5.97 Å². The molecule has 25 heavy (non-hydrogen) atoms. The van der Waals surface area contributed by atoms with Crippen LogP contribution in [0.3, 0.4) is 0 Å². The van der Waals surface area contributed by atoms with Crippen molar-refractivity contribution in [3.05, 3.63) is 46.1 Å². The molecule has 0 amide bonds. The zero-order chi connectivity index (χ0) is 17.8. The number of carbonyl (C=O) groups is 1. The average molecular weight is 362 g/mol. The van der Waals surface area contributed by atoms with Gasteiger partial charge < -0.3 is 10.1 Å². The standard InChI is InChI=1S/C17H20ClN5O2/c1-3-4-7-10-25-16(24)14-11(2)19-17-20-21-22-23(17)15(14)12-8-5-6-9-13(12)18/h5-6,8-9,15H,3-4,7,10H2,1-2H3,(H,19,20,22)/t15-/m0/s1. The van der Waals surface area contributed by atoms with E-state index in [1.165, 1.54) is 0 Å². The van der Waals surface area contributed by atoms with Crippen molar-refractivity contribution in [3.63, 3.8) is 0 Å². The van der Waals surface area contributed by atoms with Crippen LogP contribution >= 0.6 is 11.6 Å². The second-order valence-electron chi connectivity index (χ2n) is 5.88. The molecule has 1 aromatic carbocycles. The molecule has 0 fully saturated rings. The van der Waals surface area contributed by atoms with Gasteiger partial charge in [-0.2, -0.15) is 4.68 Å². The highest BCUT2D eigenvalue weighted by Gasteiger charge is 2.35. The van der Waals surface area contributed by atoms with Gasteiger partial charge in [-0.15, -0.1) is 0 Å². The predicted octanol–water partition coefficient (Wildman–Crippen LogP) is 3.35. The Morgan fingerprint density at radius 1 is 1.36 bits per heavy atom. The monoisotopic (exact) mass is 361 g/mol. The predicted molar refractivity (Wildman–Crippen MR) is 94.2 cm³/mol. The summed E-state index contributed by atoms with van der Waals surface area (Å²) in [6.07, 6.45) is 2.93. The Bertz CT molecular complexity index is 802. The first-order chi connectivity index (χ1) is 12.1. The van der Waals surface area contributed by atoms with Crippen LogP contribution in [0, 0.1) is 0 Å². The van der Waals surface area contributed by atoms with Crippen molar-refractivity contribution in [3.8, 4) is 0 Å². The lowest BCUT2D eigenvalue weighted by atomic mass is 9.96. The number of unbranched alkanes of at least 4 members (excludes halogenated alkanes) is 2. The van der Waals surface area contributed by atoms with Gasteiger partial charge in [0.05, 0.1) is 12.2 Å². The lowest BCUT2D eigenvalue weighted by Crippen LogP contribution is -2.30. The summed E-state index contributed by atoms with van der Waals surface area (Å²) in [6, 6.07) is 6.82. The van der Waals surface area contributed by atoms with Gasteiger partial charge in [0.2, 0.25) is 5.95 Å². The molecule has 1 atom stereocenters. The fourth-order valence-corrected chi connectivity index (χ4v) is 3.09. The molecule has 2 heterocycles. The number of tetrazole rings is 1. The summed E-state index contributed by atoms with van der Waals surface area (Å²) in [4.78, 5) is 12.8. The van der Waals surface area contributed by atoms with Gasteiger partial charge in [0.1, 0.15) is 6.04 Å². The molecule has 3 rings (SSSR count). The molecule has 1 aliphatic rings. The first-order valence-corrected chi connectivity index (χ1v) is 8.68. The SMILES string of the molecule is CCCCCOC(=O)C1=C(C)Nc2nnnn2[C@H]1c1ccccc1Cl. The molecule has 8 heteroatoms. The van der Waals surface area contributed by atoms with Crippen LogP contribution in [0.4, 0.5) is 5.95 Å². The normalized spacial score (nSPS) is 16.4. The van der Waals surface area contributed by atoms with E-state index in [2.05, 4.69) is 27.8 Å². The van der Waals surface area contributed by atoms with Gasteiger partial charge in [0.25, 0.3) is 0 Å². The molecule has 0 aliphatic carbocycles. The number of allylic oxidation sites excluding steroid dienone is 1. The number of aromatic nitrogens is 4. The summed E-state index contributed by atoms with van der Waals surface area (Å²) in [7, 11) is 0. The smallest absolute Gasteiger partial charge is 0.338 e. The Balaban J connectivity index is 1.96. The van der Waals surface area contributed by atoms with Crippen molar-refractivity contribution in [2.45, 2.75) is 39.2 Å². The highest BCUT2D eigenvalue weighted by molar-refractivity contribution is 6.31. The minimum Gasteiger partial charge on any atom is -0.462 e. The highest BCUT2D eigenvalue weighted by Crippen LogP contribution is 2.37. The number of halogens is 1. The summed E-state index contributed by atoms with van der Waals surface area (Å²) < 4.78 is 7.03. The summed E-state index contributed by atoms with van der Waals surface area (Å²) in [5.74, 6) is 0.0807. The summed E-state index contributed by atoms with van der Waals surface area (Å²) in [5.41, 5.74) is 1.87.